The van der Waals surface area contributed by atoms with Crippen molar-refractivity contribution in [1.82, 2.24) is 0 Å². The summed E-state index contributed by atoms with van der Waals surface area (Å²) in [5, 5.41) is 9.60. The van der Waals surface area contributed by atoms with Crippen LogP contribution in [-0.2, 0) is 0 Å². The Morgan fingerprint density at radius 1 is 1.29 bits per heavy atom. The Bertz CT molecular complexity index is 363. The van der Waals surface area contributed by atoms with Crippen LogP contribution in [0.4, 0.5) is 5.69 Å². The summed E-state index contributed by atoms with van der Waals surface area (Å²) >= 11 is 3.53. The van der Waals surface area contributed by atoms with E-state index in [1.807, 2.05) is 6.07 Å². The van der Waals surface area contributed by atoms with Gasteiger partial charge in [0.05, 0.1) is 6.10 Å². The Morgan fingerprint density at radius 3 is 2.35 bits per heavy atom. The van der Waals surface area contributed by atoms with E-state index in [-0.39, 0.29) is 0 Å². The van der Waals surface area contributed by atoms with Crippen LogP contribution in [0.2, 0.25) is 0 Å². The van der Waals surface area contributed by atoms with E-state index in [4.69, 9.17) is 0 Å². The van der Waals surface area contributed by atoms with E-state index in [0.29, 0.717) is 6.04 Å². The predicted octanol–water partition coefficient (Wildman–Crippen LogP) is 4.13. The third kappa shape index (κ3) is 3.71. The predicted molar refractivity (Wildman–Crippen MR) is 77.5 cm³/mol. The van der Waals surface area contributed by atoms with Gasteiger partial charge in [-0.3, -0.25) is 0 Å². The number of anilines is 1. The van der Waals surface area contributed by atoms with Crippen LogP contribution in [-0.4, -0.2) is 17.7 Å². The molecule has 17 heavy (non-hydrogen) atoms. The van der Waals surface area contributed by atoms with Gasteiger partial charge in [-0.05, 0) is 44.9 Å². The molecule has 0 spiro atoms. The van der Waals surface area contributed by atoms with Gasteiger partial charge < -0.3 is 10.0 Å². The largest absolute Gasteiger partial charge is 0.389 e. The third-order valence-corrected chi connectivity index (χ3v) is 3.54. The van der Waals surface area contributed by atoms with Crippen molar-refractivity contribution in [1.29, 1.82) is 0 Å². The van der Waals surface area contributed by atoms with Gasteiger partial charge in [0.1, 0.15) is 0 Å². The summed E-state index contributed by atoms with van der Waals surface area (Å²) in [6.45, 7) is 9.43. The summed E-state index contributed by atoms with van der Waals surface area (Å²) in [7, 11) is 0. The van der Waals surface area contributed by atoms with Crippen LogP contribution in [0.5, 0.6) is 0 Å². The Kier molecular flexibility index (Phi) is 5.47. The first-order valence-corrected chi connectivity index (χ1v) is 7.00. The molecule has 1 aromatic carbocycles. The van der Waals surface area contributed by atoms with E-state index < -0.39 is 6.10 Å². The summed E-state index contributed by atoms with van der Waals surface area (Å²) in [6, 6.07) is 6.66. The molecule has 2 nitrogen and oxygen atoms in total. The maximum absolute atomic E-state index is 9.60. The molecule has 1 N–H and O–H groups in total. The van der Waals surface area contributed by atoms with Crippen molar-refractivity contribution in [2.75, 3.05) is 11.4 Å². The number of nitrogens with zero attached hydrogens (tertiary/aromatic N) is 1. The van der Waals surface area contributed by atoms with E-state index in [0.717, 1.165) is 23.0 Å². The molecule has 0 radical (unpaired) electrons. The zero-order chi connectivity index (χ0) is 13.0. The lowest BCUT2D eigenvalue weighted by Gasteiger charge is -2.29. The zero-order valence-electron chi connectivity index (χ0n) is 11.1. The summed E-state index contributed by atoms with van der Waals surface area (Å²) in [5.74, 6) is 0. The summed E-state index contributed by atoms with van der Waals surface area (Å²) in [5.41, 5.74) is 2.15. The van der Waals surface area contributed by atoms with Gasteiger partial charge in [-0.25, -0.2) is 0 Å². The maximum atomic E-state index is 9.60. The molecular formula is C14H22BrNO. The first kappa shape index (κ1) is 14.5. The fraction of sp³-hybridized carbons (Fsp3) is 0.571. The number of hydrogen-bond acceptors (Lipinski definition) is 2. The lowest BCUT2D eigenvalue weighted by atomic mass is 10.1. The van der Waals surface area contributed by atoms with Crippen LogP contribution >= 0.6 is 15.9 Å². The fourth-order valence-corrected chi connectivity index (χ4v) is 2.66. The Hall–Kier alpha value is -0.540. The van der Waals surface area contributed by atoms with Crippen molar-refractivity contribution in [3.63, 3.8) is 0 Å². The van der Waals surface area contributed by atoms with Crippen molar-refractivity contribution in [2.24, 2.45) is 0 Å². The lowest BCUT2D eigenvalue weighted by molar-refractivity contribution is 0.198. The second-order valence-corrected chi connectivity index (χ2v) is 5.52. The second-order valence-electron chi connectivity index (χ2n) is 4.67. The highest BCUT2D eigenvalue weighted by molar-refractivity contribution is 9.10. The SMILES string of the molecule is CCCN(c1ccc([C@H](C)O)c(Br)c1)C(C)C. The number of aliphatic hydroxyl groups excluding tert-OH is 1. The van der Waals surface area contributed by atoms with E-state index >= 15 is 0 Å². The summed E-state index contributed by atoms with van der Waals surface area (Å²) in [4.78, 5) is 2.37. The minimum absolute atomic E-state index is 0.433. The molecule has 0 aromatic heterocycles. The van der Waals surface area contributed by atoms with Crippen molar-refractivity contribution >= 4 is 21.6 Å². The molecule has 0 bridgehead atoms. The Balaban J connectivity index is 3.02. The molecule has 0 aliphatic carbocycles. The van der Waals surface area contributed by atoms with Gasteiger partial charge >= 0.3 is 0 Å². The second kappa shape index (κ2) is 6.41. The van der Waals surface area contributed by atoms with Gasteiger partial charge in [0, 0.05) is 22.7 Å². The van der Waals surface area contributed by atoms with Gasteiger partial charge in [0.15, 0.2) is 0 Å². The van der Waals surface area contributed by atoms with Crippen LogP contribution in [0.3, 0.4) is 0 Å². The average Bonchev–Trinajstić information content (AvgIpc) is 2.24. The van der Waals surface area contributed by atoms with Gasteiger partial charge in [-0.2, -0.15) is 0 Å². The smallest absolute Gasteiger partial charge is 0.0772 e. The molecule has 0 aliphatic rings. The highest BCUT2D eigenvalue weighted by Gasteiger charge is 2.12. The number of benzene rings is 1. The number of rotatable bonds is 5. The van der Waals surface area contributed by atoms with Gasteiger partial charge in [-0.15, -0.1) is 0 Å². The van der Waals surface area contributed by atoms with Gasteiger partial charge in [0.2, 0.25) is 0 Å². The molecule has 96 valence electrons. The van der Waals surface area contributed by atoms with Crippen LogP contribution in [0.1, 0.15) is 45.8 Å². The van der Waals surface area contributed by atoms with Crippen LogP contribution in [0, 0.1) is 0 Å². The van der Waals surface area contributed by atoms with Gasteiger partial charge in [-0.1, -0.05) is 28.9 Å². The van der Waals surface area contributed by atoms with E-state index in [1.54, 1.807) is 6.92 Å². The summed E-state index contributed by atoms with van der Waals surface area (Å²) < 4.78 is 0.978. The Morgan fingerprint density at radius 2 is 1.94 bits per heavy atom. The molecule has 0 aliphatic heterocycles. The monoisotopic (exact) mass is 299 g/mol. The van der Waals surface area contributed by atoms with Crippen LogP contribution < -0.4 is 4.90 Å². The molecule has 0 saturated heterocycles. The highest BCUT2D eigenvalue weighted by Crippen LogP contribution is 2.29. The standard InChI is InChI=1S/C14H22BrNO/c1-5-8-16(10(2)3)12-6-7-13(11(4)17)14(15)9-12/h6-7,9-11,17H,5,8H2,1-4H3/t11-/m0/s1. The van der Waals surface area contributed by atoms with Crippen LogP contribution in [0.15, 0.2) is 22.7 Å². The number of hydrogen-bond donors (Lipinski definition) is 1. The van der Waals surface area contributed by atoms with Crippen LogP contribution in [0.25, 0.3) is 0 Å². The van der Waals surface area contributed by atoms with Gasteiger partial charge in [0.25, 0.3) is 0 Å². The molecule has 0 heterocycles. The maximum Gasteiger partial charge on any atom is 0.0772 e. The fourth-order valence-electron chi connectivity index (χ4n) is 1.96. The van der Waals surface area contributed by atoms with E-state index in [2.05, 4.69) is 53.7 Å². The molecular weight excluding hydrogens is 278 g/mol. The van der Waals surface area contributed by atoms with Crippen molar-refractivity contribution in [3.8, 4) is 0 Å². The molecule has 1 rings (SSSR count). The highest BCUT2D eigenvalue weighted by atomic mass is 79.9. The third-order valence-electron chi connectivity index (χ3n) is 2.85. The quantitative estimate of drug-likeness (QED) is 0.884. The first-order chi connectivity index (χ1) is 7.97. The molecule has 0 amide bonds. The summed E-state index contributed by atoms with van der Waals surface area (Å²) in [6.07, 6.45) is 0.700. The molecule has 1 atom stereocenters. The first-order valence-electron chi connectivity index (χ1n) is 6.21. The van der Waals surface area contributed by atoms with Crippen molar-refractivity contribution < 1.29 is 5.11 Å². The molecule has 0 saturated carbocycles. The van der Waals surface area contributed by atoms with E-state index in [9.17, 15) is 5.11 Å². The van der Waals surface area contributed by atoms with Crippen molar-refractivity contribution in [3.05, 3.63) is 28.2 Å². The molecule has 1 aromatic rings. The lowest BCUT2D eigenvalue weighted by Crippen LogP contribution is -2.31. The normalized spacial score (nSPS) is 12.9. The zero-order valence-corrected chi connectivity index (χ0v) is 12.7. The Labute approximate surface area is 113 Å². The topological polar surface area (TPSA) is 23.5 Å². The van der Waals surface area contributed by atoms with E-state index in [1.165, 1.54) is 5.69 Å². The number of aliphatic hydroxyl groups is 1. The van der Waals surface area contributed by atoms with Crippen molar-refractivity contribution in [2.45, 2.75) is 46.3 Å². The molecule has 0 unspecified atom stereocenters. The average molecular weight is 300 g/mol. The minimum atomic E-state index is -0.433. The minimum Gasteiger partial charge on any atom is -0.389 e. The molecule has 0 fully saturated rings. The molecule has 3 heteroatoms. The number of halogens is 1.